The van der Waals surface area contributed by atoms with E-state index >= 15 is 0 Å². The molecule has 4 saturated carbocycles. The van der Waals surface area contributed by atoms with Crippen LogP contribution in [0.1, 0.15) is 37.7 Å². The number of anilines is 1. The maximum Gasteiger partial charge on any atom is 0.313 e. The van der Waals surface area contributed by atoms with Gasteiger partial charge >= 0.3 is 11.8 Å². The highest BCUT2D eigenvalue weighted by molar-refractivity contribution is 6.39. The van der Waals surface area contributed by atoms with Gasteiger partial charge in [0.1, 0.15) is 0 Å². The number of methoxy groups -OCH3 is 1. The SMILES string of the molecule is COC1(CNC(=O)C(=O)Nc2ccc(C)c(Cl)c2)C2CC3CC(C2)CC1C3. The van der Waals surface area contributed by atoms with E-state index in [1.807, 2.05) is 13.0 Å². The van der Waals surface area contributed by atoms with Crippen molar-refractivity contribution in [3.8, 4) is 0 Å². The van der Waals surface area contributed by atoms with Crippen molar-refractivity contribution in [3.05, 3.63) is 28.8 Å². The first kappa shape index (κ1) is 18.8. The van der Waals surface area contributed by atoms with Gasteiger partial charge in [-0.05, 0) is 80.4 Å². The lowest BCUT2D eigenvalue weighted by molar-refractivity contribution is -0.188. The number of amides is 2. The second-order valence-electron chi connectivity index (χ2n) is 8.56. The van der Waals surface area contributed by atoms with Crippen LogP contribution in [-0.4, -0.2) is 31.1 Å². The summed E-state index contributed by atoms with van der Waals surface area (Å²) in [6.07, 6.45) is 6.10. The molecule has 4 bridgehead atoms. The number of ether oxygens (including phenoxy) is 1. The van der Waals surface area contributed by atoms with Gasteiger partial charge in [0, 0.05) is 24.4 Å². The topological polar surface area (TPSA) is 67.4 Å². The van der Waals surface area contributed by atoms with Crippen LogP contribution in [0.15, 0.2) is 18.2 Å². The molecule has 4 fully saturated rings. The Morgan fingerprint density at radius 1 is 1.11 bits per heavy atom. The number of rotatable bonds is 4. The molecule has 0 aliphatic heterocycles. The highest BCUT2D eigenvalue weighted by atomic mass is 35.5. The van der Waals surface area contributed by atoms with Crippen LogP contribution in [0.2, 0.25) is 5.02 Å². The van der Waals surface area contributed by atoms with Gasteiger partial charge in [0.25, 0.3) is 0 Å². The van der Waals surface area contributed by atoms with Gasteiger partial charge in [0.2, 0.25) is 0 Å². The highest BCUT2D eigenvalue weighted by Gasteiger charge is 2.57. The number of carbonyl (C=O) groups excluding carboxylic acids is 2. The number of benzene rings is 1. The van der Waals surface area contributed by atoms with Gasteiger partial charge in [0.15, 0.2) is 0 Å². The molecule has 146 valence electrons. The van der Waals surface area contributed by atoms with E-state index in [0.717, 1.165) is 17.4 Å². The Labute approximate surface area is 165 Å². The number of nitrogens with one attached hydrogen (secondary N) is 2. The van der Waals surface area contributed by atoms with Gasteiger partial charge in [-0.25, -0.2) is 0 Å². The summed E-state index contributed by atoms with van der Waals surface area (Å²) in [4.78, 5) is 24.7. The van der Waals surface area contributed by atoms with Gasteiger partial charge < -0.3 is 15.4 Å². The van der Waals surface area contributed by atoms with E-state index < -0.39 is 11.8 Å². The molecule has 0 heterocycles. The lowest BCUT2D eigenvalue weighted by atomic mass is 9.49. The molecule has 0 radical (unpaired) electrons. The second kappa shape index (κ2) is 7.10. The molecule has 0 spiro atoms. The van der Waals surface area contributed by atoms with Crippen molar-refractivity contribution in [2.24, 2.45) is 23.7 Å². The van der Waals surface area contributed by atoms with E-state index in [-0.39, 0.29) is 5.60 Å². The Bertz CT molecular complexity index is 736. The summed E-state index contributed by atoms with van der Waals surface area (Å²) < 4.78 is 6.03. The first-order valence-corrected chi connectivity index (χ1v) is 10.2. The van der Waals surface area contributed by atoms with E-state index in [1.54, 1.807) is 19.2 Å². The Morgan fingerprint density at radius 2 is 1.74 bits per heavy atom. The monoisotopic (exact) mass is 390 g/mol. The summed E-state index contributed by atoms with van der Waals surface area (Å²) in [5.41, 5.74) is 1.11. The third-order valence-corrected chi connectivity index (χ3v) is 7.47. The first-order valence-electron chi connectivity index (χ1n) is 9.81. The molecule has 2 N–H and O–H groups in total. The summed E-state index contributed by atoms with van der Waals surface area (Å²) in [6.45, 7) is 2.29. The summed E-state index contributed by atoms with van der Waals surface area (Å²) in [6, 6.07) is 5.20. The zero-order valence-electron chi connectivity index (χ0n) is 15.9. The summed E-state index contributed by atoms with van der Waals surface area (Å²) in [5.74, 6) is 1.31. The van der Waals surface area contributed by atoms with Crippen LogP contribution in [0.4, 0.5) is 5.69 Å². The molecule has 5 rings (SSSR count). The largest absolute Gasteiger partial charge is 0.376 e. The zero-order valence-corrected chi connectivity index (χ0v) is 16.6. The Hall–Kier alpha value is -1.59. The fraction of sp³-hybridized carbons (Fsp3) is 0.619. The first-order chi connectivity index (χ1) is 12.9. The van der Waals surface area contributed by atoms with Crippen LogP contribution in [0.3, 0.4) is 0 Å². The van der Waals surface area contributed by atoms with E-state index in [4.69, 9.17) is 16.3 Å². The van der Waals surface area contributed by atoms with Crippen molar-refractivity contribution in [3.63, 3.8) is 0 Å². The van der Waals surface area contributed by atoms with E-state index in [9.17, 15) is 9.59 Å². The molecule has 5 nitrogen and oxygen atoms in total. The van der Waals surface area contributed by atoms with Gasteiger partial charge in [-0.1, -0.05) is 17.7 Å². The van der Waals surface area contributed by atoms with Crippen molar-refractivity contribution >= 4 is 29.1 Å². The average Bonchev–Trinajstić information content (AvgIpc) is 2.64. The third kappa shape index (κ3) is 3.36. The quantitative estimate of drug-likeness (QED) is 0.772. The van der Waals surface area contributed by atoms with Crippen molar-refractivity contribution < 1.29 is 14.3 Å². The normalized spacial score (nSPS) is 33.7. The lowest BCUT2D eigenvalue weighted by Crippen LogP contribution is -2.63. The molecule has 4 aliphatic rings. The minimum Gasteiger partial charge on any atom is -0.376 e. The Balaban J connectivity index is 1.39. The van der Waals surface area contributed by atoms with Gasteiger partial charge in [-0.15, -0.1) is 0 Å². The predicted octanol–water partition coefficient (Wildman–Crippen LogP) is 3.54. The fourth-order valence-corrected chi connectivity index (χ4v) is 6.01. The number of halogens is 1. The molecule has 6 heteroatoms. The van der Waals surface area contributed by atoms with Crippen molar-refractivity contribution in [1.29, 1.82) is 0 Å². The standard InChI is InChI=1S/C21H27ClN2O3/c1-12-3-4-17(10-18(12)22)24-20(26)19(25)23-11-21(27-2)15-6-13-5-14(8-15)9-16(21)7-13/h3-4,10,13-16H,5-9,11H2,1-2H3,(H,23,25)(H,24,26). The average molecular weight is 391 g/mol. The fourth-order valence-electron chi connectivity index (χ4n) is 5.83. The minimum atomic E-state index is -0.676. The van der Waals surface area contributed by atoms with Crippen molar-refractivity contribution in [1.82, 2.24) is 5.32 Å². The lowest BCUT2D eigenvalue weighted by Gasteiger charge is -2.60. The summed E-state index contributed by atoms with van der Waals surface area (Å²) >= 11 is 6.08. The minimum absolute atomic E-state index is 0.323. The Kier molecular flexibility index (Phi) is 4.93. The molecule has 2 amide bonds. The molecule has 27 heavy (non-hydrogen) atoms. The van der Waals surface area contributed by atoms with Gasteiger partial charge in [0.05, 0.1) is 5.60 Å². The van der Waals surface area contributed by atoms with Crippen LogP contribution in [0.5, 0.6) is 0 Å². The van der Waals surface area contributed by atoms with Crippen LogP contribution in [0, 0.1) is 30.6 Å². The molecule has 0 atom stereocenters. The van der Waals surface area contributed by atoms with Crippen LogP contribution in [-0.2, 0) is 14.3 Å². The molecule has 1 aromatic rings. The molecule has 0 saturated heterocycles. The molecule has 0 aromatic heterocycles. The van der Waals surface area contributed by atoms with Crippen molar-refractivity contribution in [2.45, 2.75) is 44.6 Å². The second-order valence-corrected chi connectivity index (χ2v) is 8.97. The maximum absolute atomic E-state index is 12.4. The summed E-state index contributed by atoms with van der Waals surface area (Å²) in [5, 5.41) is 6.01. The summed E-state index contributed by atoms with van der Waals surface area (Å²) in [7, 11) is 1.75. The van der Waals surface area contributed by atoms with Gasteiger partial charge in [-0.3, -0.25) is 9.59 Å². The Morgan fingerprint density at radius 3 is 2.30 bits per heavy atom. The maximum atomic E-state index is 12.4. The van der Waals surface area contributed by atoms with E-state index in [2.05, 4.69) is 10.6 Å². The van der Waals surface area contributed by atoms with Crippen LogP contribution in [0.25, 0.3) is 0 Å². The molecular weight excluding hydrogens is 364 g/mol. The molecule has 4 aliphatic carbocycles. The van der Waals surface area contributed by atoms with Gasteiger partial charge in [-0.2, -0.15) is 0 Å². The number of hydrogen-bond acceptors (Lipinski definition) is 3. The van der Waals surface area contributed by atoms with E-state index in [0.29, 0.717) is 29.1 Å². The van der Waals surface area contributed by atoms with Crippen LogP contribution < -0.4 is 10.6 Å². The zero-order chi connectivity index (χ0) is 19.2. The number of hydrogen-bond donors (Lipinski definition) is 2. The number of carbonyl (C=O) groups is 2. The highest BCUT2D eigenvalue weighted by Crippen LogP contribution is 2.59. The van der Waals surface area contributed by atoms with E-state index in [1.165, 1.54) is 32.1 Å². The number of aryl methyl sites for hydroxylation is 1. The molecule has 0 unspecified atom stereocenters. The third-order valence-electron chi connectivity index (χ3n) is 7.06. The van der Waals surface area contributed by atoms with Crippen molar-refractivity contribution in [2.75, 3.05) is 19.0 Å². The smallest absolute Gasteiger partial charge is 0.313 e. The molecular formula is C21H27ClN2O3. The van der Waals surface area contributed by atoms with Crippen LogP contribution >= 0.6 is 11.6 Å². The predicted molar refractivity (Wildman–Crippen MR) is 105 cm³/mol. The molecule has 1 aromatic carbocycles.